The Labute approximate surface area is 167 Å². The number of para-hydroxylation sites is 1. The molecule has 1 atom stereocenters. The lowest BCUT2D eigenvalue weighted by Crippen LogP contribution is -2.42. The van der Waals surface area contributed by atoms with Crippen LogP contribution in [0.1, 0.15) is 57.2 Å². The van der Waals surface area contributed by atoms with E-state index in [4.69, 9.17) is 14.2 Å². The molecule has 5 nitrogen and oxygen atoms in total. The minimum atomic E-state index is -0.386. The summed E-state index contributed by atoms with van der Waals surface area (Å²) >= 11 is 0. The quantitative estimate of drug-likeness (QED) is 0.791. The lowest BCUT2D eigenvalue weighted by Gasteiger charge is -2.38. The molecule has 1 aliphatic heterocycles. The van der Waals surface area contributed by atoms with Gasteiger partial charge in [0.25, 0.3) is 5.91 Å². The van der Waals surface area contributed by atoms with Crippen molar-refractivity contribution >= 4 is 5.91 Å². The smallest absolute Gasteiger partial charge is 0.258 e. The first-order valence-corrected chi connectivity index (χ1v) is 9.67. The van der Waals surface area contributed by atoms with Crippen molar-refractivity contribution in [2.75, 3.05) is 13.7 Å². The number of amides is 1. The van der Waals surface area contributed by atoms with E-state index in [-0.39, 0.29) is 24.2 Å². The molecule has 3 rings (SSSR count). The van der Waals surface area contributed by atoms with Crippen LogP contribution in [0.15, 0.2) is 42.5 Å². The van der Waals surface area contributed by atoms with Crippen LogP contribution in [0, 0.1) is 0 Å². The summed E-state index contributed by atoms with van der Waals surface area (Å²) in [6, 6.07) is 13.4. The van der Waals surface area contributed by atoms with Crippen LogP contribution in [-0.4, -0.2) is 25.2 Å². The van der Waals surface area contributed by atoms with Crippen LogP contribution in [0.2, 0.25) is 0 Å². The van der Waals surface area contributed by atoms with Crippen LogP contribution in [0.5, 0.6) is 17.2 Å². The Morgan fingerprint density at radius 2 is 2.00 bits per heavy atom. The molecule has 2 aromatic rings. The van der Waals surface area contributed by atoms with Crippen molar-refractivity contribution in [1.29, 1.82) is 0 Å². The topological polar surface area (TPSA) is 56.8 Å². The molecular weight excluding hydrogens is 354 g/mol. The lowest BCUT2D eigenvalue weighted by molar-refractivity contribution is -0.124. The molecule has 1 aliphatic rings. The summed E-state index contributed by atoms with van der Waals surface area (Å²) in [6.07, 6.45) is 0.681. The van der Waals surface area contributed by atoms with Gasteiger partial charge in [-0.3, -0.25) is 4.79 Å². The number of nitrogens with one attached hydrogen (secondary N) is 1. The molecular formula is C23H29NO4. The molecule has 1 heterocycles. The third-order valence-corrected chi connectivity index (χ3v) is 4.91. The van der Waals surface area contributed by atoms with Crippen LogP contribution < -0.4 is 19.5 Å². The summed E-state index contributed by atoms with van der Waals surface area (Å²) < 4.78 is 17.2. The highest BCUT2D eigenvalue weighted by Gasteiger charge is 2.34. The van der Waals surface area contributed by atoms with Gasteiger partial charge in [0.2, 0.25) is 0 Å². The zero-order valence-corrected chi connectivity index (χ0v) is 17.2. The second-order valence-electron chi connectivity index (χ2n) is 8.07. The highest BCUT2D eigenvalue weighted by Crippen LogP contribution is 2.41. The van der Waals surface area contributed by atoms with Crippen molar-refractivity contribution in [1.82, 2.24) is 5.32 Å². The third kappa shape index (κ3) is 4.58. The Kier molecular flexibility index (Phi) is 5.82. The van der Waals surface area contributed by atoms with E-state index < -0.39 is 0 Å². The van der Waals surface area contributed by atoms with Crippen LogP contribution in [0.3, 0.4) is 0 Å². The fourth-order valence-electron chi connectivity index (χ4n) is 3.56. The molecule has 2 aromatic carbocycles. The Hall–Kier alpha value is -2.69. The maximum absolute atomic E-state index is 12.6. The molecule has 0 aromatic heterocycles. The van der Waals surface area contributed by atoms with E-state index in [0.29, 0.717) is 12.3 Å². The van der Waals surface area contributed by atoms with Crippen molar-refractivity contribution in [3.8, 4) is 17.2 Å². The summed E-state index contributed by atoms with van der Waals surface area (Å²) in [6.45, 7) is 8.23. The van der Waals surface area contributed by atoms with Gasteiger partial charge in [-0.2, -0.15) is 0 Å². The van der Waals surface area contributed by atoms with Crippen molar-refractivity contribution < 1.29 is 19.0 Å². The molecule has 1 N–H and O–H groups in total. The molecule has 0 spiro atoms. The van der Waals surface area contributed by atoms with Gasteiger partial charge in [0.05, 0.1) is 13.2 Å². The molecule has 0 saturated heterocycles. The van der Waals surface area contributed by atoms with Gasteiger partial charge in [0, 0.05) is 18.1 Å². The maximum atomic E-state index is 12.6. The number of benzene rings is 2. The molecule has 0 saturated carbocycles. The maximum Gasteiger partial charge on any atom is 0.258 e. The first-order valence-electron chi connectivity index (χ1n) is 9.67. The monoisotopic (exact) mass is 383 g/mol. The number of methoxy groups -OCH3 is 1. The summed E-state index contributed by atoms with van der Waals surface area (Å²) in [5.41, 5.74) is 1.67. The molecule has 0 fully saturated rings. The van der Waals surface area contributed by atoms with Gasteiger partial charge < -0.3 is 19.5 Å². The molecule has 0 radical (unpaired) electrons. The normalized spacial score (nSPS) is 17.4. The molecule has 1 amide bonds. The average Bonchev–Trinajstić information content (AvgIpc) is 2.65. The van der Waals surface area contributed by atoms with Gasteiger partial charge in [0.15, 0.2) is 6.61 Å². The second kappa shape index (κ2) is 8.13. The summed E-state index contributed by atoms with van der Waals surface area (Å²) in [5, 5.41) is 3.10. The Morgan fingerprint density at radius 3 is 2.71 bits per heavy atom. The van der Waals surface area contributed by atoms with Gasteiger partial charge in [-0.15, -0.1) is 0 Å². The number of fused-ring (bicyclic) bond motifs is 1. The van der Waals surface area contributed by atoms with E-state index in [1.165, 1.54) is 0 Å². The molecule has 0 aliphatic carbocycles. The minimum absolute atomic E-state index is 0.0208. The van der Waals surface area contributed by atoms with Gasteiger partial charge in [0.1, 0.15) is 22.8 Å². The number of ether oxygens (including phenoxy) is 3. The largest absolute Gasteiger partial charge is 0.497 e. The van der Waals surface area contributed by atoms with Crippen molar-refractivity contribution in [2.24, 2.45) is 0 Å². The number of hydrogen-bond acceptors (Lipinski definition) is 4. The van der Waals surface area contributed by atoms with Crippen molar-refractivity contribution in [3.63, 3.8) is 0 Å². The van der Waals surface area contributed by atoms with Crippen LogP contribution in [0.4, 0.5) is 0 Å². The average molecular weight is 383 g/mol. The van der Waals surface area contributed by atoms with E-state index in [2.05, 4.69) is 19.2 Å². The van der Waals surface area contributed by atoms with Crippen molar-refractivity contribution in [2.45, 2.75) is 51.7 Å². The standard InChI is InChI=1S/C23H29NO4/c1-15(2)17-8-6-7-9-20(17)27-14-22(25)24-19-13-23(3,4)28-21-12-16(26-5)10-11-18(19)21/h6-12,15,19H,13-14H2,1-5H3,(H,24,25)/t19-/m1/s1. The molecule has 5 heteroatoms. The van der Waals surface area contributed by atoms with E-state index in [1.807, 2.05) is 56.3 Å². The second-order valence-corrected chi connectivity index (χ2v) is 8.07. The predicted molar refractivity (Wildman–Crippen MR) is 109 cm³/mol. The number of carbonyl (C=O) groups is 1. The van der Waals surface area contributed by atoms with Gasteiger partial charge in [-0.1, -0.05) is 32.0 Å². The van der Waals surface area contributed by atoms with Crippen LogP contribution in [-0.2, 0) is 4.79 Å². The fraction of sp³-hybridized carbons (Fsp3) is 0.435. The van der Waals surface area contributed by atoms with Gasteiger partial charge >= 0.3 is 0 Å². The fourth-order valence-corrected chi connectivity index (χ4v) is 3.56. The van der Waals surface area contributed by atoms with Gasteiger partial charge in [-0.25, -0.2) is 0 Å². The zero-order chi connectivity index (χ0) is 20.3. The summed E-state index contributed by atoms with van der Waals surface area (Å²) in [4.78, 5) is 12.6. The zero-order valence-electron chi connectivity index (χ0n) is 17.2. The highest BCUT2D eigenvalue weighted by atomic mass is 16.5. The first-order chi connectivity index (χ1) is 13.3. The first kappa shape index (κ1) is 20.1. The van der Waals surface area contributed by atoms with E-state index in [0.717, 1.165) is 28.4 Å². The van der Waals surface area contributed by atoms with E-state index in [1.54, 1.807) is 7.11 Å². The minimum Gasteiger partial charge on any atom is -0.497 e. The lowest BCUT2D eigenvalue weighted by atomic mass is 9.89. The summed E-state index contributed by atoms with van der Waals surface area (Å²) in [5.74, 6) is 2.41. The predicted octanol–water partition coefficient (Wildman–Crippen LogP) is 4.62. The highest BCUT2D eigenvalue weighted by molar-refractivity contribution is 5.78. The van der Waals surface area contributed by atoms with Crippen LogP contribution in [0.25, 0.3) is 0 Å². The van der Waals surface area contributed by atoms with Gasteiger partial charge in [-0.05, 0) is 43.5 Å². The number of carbonyl (C=O) groups excluding carboxylic acids is 1. The molecule has 0 unspecified atom stereocenters. The Balaban J connectivity index is 1.71. The van der Waals surface area contributed by atoms with Crippen molar-refractivity contribution in [3.05, 3.63) is 53.6 Å². The van der Waals surface area contributed by atoms with Crippen LogP contribution >= 0.6 is 0 Å². The molecule has 0 bridgehead atoms. The molecule has 28 heavy (non-hydrogen) atoms. The Bertz CT molecular complexity index is 844. The third-order valence-electron chi connectivity index (χ3n) is 4.91. The summed E-state index contributed by atoms with van der Waals surface area (Å²) in [7, 11) is 1.63. The number of rotatable bonds is 6. The number of hydrogen-bond donors (Lipinski definition) is 1. The SMILES string of the molecule is COc1ccc2c(c1)OC(C)(C)C[C@H]2NC(=O)COc1ccccc1C(C)C. The van der Waals surface area contributed by atoms with E-state index in [9.17, 15) is 4.79 Å². The Morgan fingerprint density at radius 1 is 1.25 bits per heavy atom. The van der Waals surface area contributed by atoms with E-state index >= 15 is 0 Å². The molecule has 150 valence electrons.